The summed E-state index contributed by atoms with van der Waals surface area (Å²) in [5.41, 5.74) is 6.85. The van der Waals surface area contributed by atoms with E-state index in [4.69, 9.17) is 22.1 Å². The number of methoxy groups -OCH3 is 1. The molecule has 2 aliphatic rings. The van der Waals surface area contributed by atoms with Gasteiger partial charge >= 0.3 is 12.2 Å². The highest BCUT2D eigenvalue weighted by Crippen LogP contribution is 2.48. The zero-order valence-corrected chi connectivity index (χ0v) is 24.0. The second-order valence-corrected chi connectivity index (χ2v) is 11.0. The molecule has 0 saturated heterocycles. The summed E-state index contributed by atoms with van der Waals surface area (Å²) in [5, 5.41) is 6.60. The predicted octanol–water partition coefficient (Wildman–Crippen LogP) is 4.00. The fourth-order valence-corrected chi connectivity index (χ4v) is 6.64. The van der Waals surface area contributed by atoms with Crippen LogP contribution in [0.2, 0.25) is 5.02 Å². The number of alkyl halides is 3. The van der Waals surface area contributed by atoms with Gasteiger partial charge in [-0.3, -0.25) is 9.48 Å². The van der Waals surface area contributed by atoms with Gasteiger partial charge < -0.3 is 20.7 Å². The molecule has 3 aromatic rings. The van der Waals surface area contributed by atoms with E-state index in [0.29, 0.717) is 49.0 Å². The van der Waals surface area contributed by atoms with E-state index in [1.807, 2.05) is 4.90 Å². The fraction of sp³-hybridized carbons (Fsp3) is 0.423. The monoisotopic (exact) mass is 606 g/mol. The first kappa shape index (κ1) is 28.8. The van der Waals surface area contributed by atoms with Gasteiger partial charge in [-0.2, -0.15) is 28.2 Å². The molecule has 0 radical (unpaired) electrons. The summed E-state index contributed by atoms with van der Waals surface area (Å²) in [7, 11) is 2.95. The number of hydrogen-bond acceptors (Lipinski definition) is 9. The average Bonchev–Trinajstić information content (AvgIpc) is 3.10. The third-order valence-corrected chi connectivity index (χ3v) is 8.53. The minimum absolute atomic E-state index is 0.0183. The molecule has 1 atom stereocenters. The molecule has 216 valence electrons. The Bertz CT molecular complexity index is 1580. The Morgan fingerprint density at radius 3 is 2.76 bits per heavy atom. The van der Waals surface area contributed by atoms with Crippen molar-refractivity contribution < 1.29 is 22.7 Å². The third-order valence-electron chi connectivity index (χ3n) is 6.86. The van der Waals surface area contributed by atoms with Crippen molar-refractivity contribution in [3.8, 4) is 17.9 Å². The lowest BCUT2D eigenvalue weighted by atomic mass is 9.97. The number of amides is 1. The fourth-order valence-electron chi connectivity index (χ4n) is 5.06. The zero-order valence-electron chi connectivity index (χ0n) is 22.4. The number of nitrogens with one attached hydrogen (secondary N) is 1. The number of thioether (sulfide) groups is 1. The number of carbonyl (C=O) groups excluding carboxylic acids is 1. The van der Waals surface area contributed by atoms with Gasteiger partial charge in [-0.1, -0.05) is 17.5 Å². The first-order valence-corrected chi connectivity index (χ1v) is 14.1. The number of nitrogen functional groups attached to an aromatic ring is 1. The molecular formula is C26H26ClF3N8O2S. The van der Waals surface area contributed by atoms with Gasteiger partial charge in [-0.05, 0) is 30.9 Å². The maximum absolute atomic E-state index is 14.3. The largest absolute Gasteiger partial charge is 0.467 e. The lowest BCUT2D eigenvalue weighted by Gasteiger charge is -2.31. The summed E-state index contributed by atoms with van der Waals surface area (Å²) >= 11 is 7.93. The molecule has 15 heteroatoms. The van der Waals surface area contributed by atoms with Crippen molar-refractivity contribution >= 4 is 40.9 Å². The van der Waals surface area contributed by atoms with Crippen LogP contribution in [0.4, 0.5) is 24.8 Å². The summed E-state index contributed by atoms with van der Waals surface area (Å²) in [6.45, 7) is 2.93. The van der Waals surface area contributed by atoms with Crippen molar-refractivity contribution in [2.24, 2.45) is 0 Å². The number of nitrogens with two attached hydrogens (primary N) is 1. The molecule has 1 unspecified atom stereocenters. The number of pyridine rings is 1. The molecule has 0 spiro atoms. The second-order valence-electron chi connectivity index (χ2n) is 9.38. The molecule has 0 bridgehead atoms. The smallest absolute Gasteiger partial charge is 0.419 e. The van der Waals surface area contributed by atoms with Crippen LogP contribution in [-0.2, 0) is 31.4 Å². The molecule has 0 saturated carbocycles. The Labute approximate surface area is 243 Å². The van der Waals surface area contributed by atoms with Gasteiger partial charge in [0.25, 0.3) is 5.91 Å². The van der Waals surface area contributed by atoms with Gasteiger partial charge in [0.1, 0.15) is 17.3 Å². The van der Waals surface area contributed by atoms with Gasteiger partial charge in [0, 0.05) is 43.1 Å². The molecule has 3 aromatic heterocycles. The van der Waals surface area contributed by atoms with Crippen LogP contribution in [0.3, 0.4) is 0 Å². The summed E-state index contributed by atoms with van der Waals surface area (Å²) in [4.78, 5) is 27.3. The van der Waals surface area contributed by atoms with E-state index < -0.39 is 22.7 Å². The summed E-state index contributed by atoms with van der Waals surface area (Å²) in [6.07, 6.45) is -3.79. The lowest BCUT2D eigenvalue weighted by Crippen LogP contribution is -2.27. The van der Waals surface area contributed by atoms with Crippen LogP contribution in [0.5, 0.6) is 6.01 Å². The Kier molecular flexibility index (Phi) is 7.93. The van der Waals surface area contributed by atoms with Crippen molar-refractivity contribution in [1.29, 1.82) is 0 Å². The van der Waals surface area contributed by atoms with E-state index in [0.717, 1.165) is 5.56 Å². The molecule has 10 nitrogen and oxygen atoms in total. The van der Waals surface area contributed by atoms with Crippen LogP contribution in [0, 0.1) is 11.8 Å². The maximum atomic E-state index is 14.3. The summed E-state index contributed by atoms with van der Waals surface area (Å²) in [6, 6.07) is 1.37. The third kappa shape index (κ3) is 5.48. The zero-order chi connectivity index (χ0) is 29.5. The number of aromatic nitrogens is 5. The second kappa shape index (κ2) is 11.3. The normalized spacial score (nSPS) is 16.7. The lowest BCUT2D eigenvalue weighted by molar-refractivity contribution is -0.138. The summed E-state index contributed by atoms with van der Waals surface area (Å²) < 4.78 is 49.9. The van der Waals surface area contributed by atoms with Gasteiger partial charge in [0.2, 0.25) is 0 Å². The number of hydrogen-bond donors (Lipinski definition) is 2. The quantitative estimate of drug-likeness (QED) is 0.424. The number of ether oxygens (including phenoxy) is 1. The summed E-state index contributed by atoms with van der Waals surface area (Å²) in [5.74, 6) is 5.49. The Morgan fingerprint density at radius 1 is 1.29 bits per heavy atom. The van der Waals surface area contributed by atoms with E-state index in [-0.39, 0.29) is 40.4 Å². The number of halogens is 4. The molecule has 2 aliphatic heterocycles. The first-order valence-electron chi connectivity index (χ1n) is 12.6. The van der Waals surface area contributed by atoms with Crippen molar-refractivity contribution in [3.05, 3.63) is 50.6 Å². The topological polar surface area (TPSA) is 124 Å². The van der Waals surface area contributed by atoms with E-state index in [9.17, 15) is 18.0 Å². The number of fused-ring (bicyclic) bond motifs is 2. The van der Waals surface area contributed by atoms with Crippen LogP contribution in [0.25, 0.3) is 0 Å². The average molecular weight is 607 g/mol. The molecule has 0 aliphatic carbocycles. The number of rotatable bonds is 4. The standard InChI is InChI=1S/C26H26ClF3N8O2S/c1-4-6-15-20(26(28,29)30)13(9-19(31)33-15)18-10-16-14(12-41-18)23(35-25(34-16)40-3)37-7-5-8-38-17(11-37)21(27)22(36-38)24(39)32-2/h9,18H,5,7-8,10-12H2,1-3H3,(H2,31,33)(H,32,39). The van der Waals surface area contributed by atoms with Crippen molar-refractivity contribution in [2.45, 2.75) is 50.0 Å². The Balaban J connectivity index is 1.55. The number of carbonyl (C=O) groups is 1. The molecule has 1 amide bonds. The van der Waals surface area contributed by atoms with Crippen LogP contribution in [0.1, 0.15) is 62.9 Å². The van der Waals surface area contributed by atoms with Gasteiger partial charge in [0.15, 0.2) is 5.69 Å². The minimum Gasteiger partial charge on any atom is -0.467 e. The maximum Gasteiger partial charge on any atom is 0.419 e. The highest BCUT2D eigenvalue weighted by atomic mass is 35.5. The van der Waals surface area contributed by atoms with Crippen LogP contribution >= 0.6 is 23.4 Å². The number of nitrogens with zero attached hydrogens (tertiary/aromatic N) is 6. The molecule has 3 N–H and O–H groups in total. The van der Waals surface area contributed by atoms with Crippen molar-refractivity contribution in [3.63, 3.8) is 0 Å². The van der Waals surface area contributed by atoms with Crippen molar-refractivity contribution in [1.82, 2.24) is 30.0 Å². The first-order chi connectivity index (χ1) is 19.5. The molecule has 0 fully saturated rings. The molecule has 0 aromatic carbocycles. The molecule has 5 rings (SSSR count). The van der Waals surface area contributed by atoms with Gasteiger partial charge in [0.05, 0.1) is 35.6 Å². The Hall–Kier alpha value is -3.70. The molecule has 5 heterocycles. The SMILES string of the molecule is CC#Cc1nc(N)cc(C2Cc3nc(OC)nc(N4CCCn5nc(C(=O)NC)c(Cl)c5C4)c3CS2)c1C(F)(F)F. The highest BCUT2D eigenvalue weighted by molar-refractivity contribution is 7.98. The van der Waals surface area contributed by atoms with E-state index in [1.165, 1.54) is 38.9 Å². The molecule has 41 heavy (non-hydrogen) atoms. The Morgan fingerprint density at radius 2 is 2.07 bits per heavy atom. The minimum atomic E-state index is -4.67. The van der Waals surface area contributed by atoms with E-state index in [2.05, 4.69) is 37.2 Å². The van der Waals surface area contributed by atoms with Crippen molar-refractivity contribution in [2.75, 3.05) is 31.3 Å². The van der Waals surface area contributed by atoms with Crippen LogP contribution in [-0.4, -0.2) is 51.3 Å². The predicted molar refractivity (Wildman–Crippen MR) is 149 cm³/mol. The van der Waals surface area contributed by atoms with Gasteiger partial charge in [-0.15, -0.1) is 11.8 Å². The highest BCUT2D eigenvalue weighted by Gasteiger charge is 2.40. The van der Waals surface area contributed by atoms with E-state index >= 15 is 0 Å². The van der Waals surface area contributed by atoms with Crippen LogP contribution in [0.15, 0.2) is 6.07 Å². The van der Waals surface area contributed by atoms with Crippen LogP contribution < -0.4 is 20.7 Å². The molecular weight excluding hydrogens is 581 g/mol. The number of aryl methyl sites for hydroxylation is 1. The van der Waals surface area contributed by atoms with Gasteiger partial charge in [-0.25, -0.2) is 4.98 Å². The van der Waals surface area contributed by atoms with E-state index in [1.54, 1.807) is 4.68 Å². The number of anilines is 2.